The molecule has 0 atom stereocenters. The number of hydrogen-bond donors (Lipinski definition) is 0. The topological polar surface area (TPSA) is 58.4 Å². The highest BCUT2D eigenvalue weighted by Crippen LogP contribution is 2.28. The molecule has 2 heterocycles. The SMILES string of the molecule is Cn1nc(C(=O)N2CCN(C=O)CC2)cc1-c1ccc2c(c1)CCCC2. The highest BCUT2D eigenvalue weighted by atomic mass is 16.2. The van der Waals surface area contributed by atoms with Gasteiger partial charge in [0.25, 0.3) is 5.91 Å². The second-order valence-electron chi connectivity index (χ2n) is 7.16. The van der Waals surface area contributed by atoms with Crippen molar-refractivity contribution in [3.05, 3.63) is 41.1 Å². The molecule has 4 rings (SSSR count). The van der Waals surface area contributed by atoms with E-state index in [1.807, 2.05) is 13.1 Å². The molecule has 0 radical (unpaired) electrons. The van der Waals surface area contributed by atoms with Gasteiger partial charge in [0.1, 0.15) is 0 Å². The van der Waals surface area contributed by atoms with Crippen LogP contribution >= 0.6 is 0 Å². The normalized spacial score (nSPS) is 17.1. The number of fused-ring (bicyclic) bond motifs is 1. The summed E-state index contributed by atoms with van der Waals surface area (Å²) in [5, 5.41) is 4.46. The monoisotopic (exact) mass is 352 g/mol. The molecule has 26 heavy (non-hydrogen) atoms. The van der Waals surface area contributed by atoms with E-state index >= 15 is 0 Å². The van der Waals surface area contributed by atoms with Gasteiger partial charge in [0.05, 0.1) is 5.69 Å². The maximum Gasteiger partial charge on any atom is 0.274 e. The fraction of sp³-hybridized carbons (Fsp3) is 0.450. The van der Waals surface area contributed by atoms with Crippen molar-refractivity contribution in [1.82, 2.24) is 19.6 Å². The van der Waals surface area contributed by atoms with Crippen molar-refractivity contribution >= 4 is 12.3 Å². The highest BCUT2D eigenvalue weighted by Gasteiger charge is 2.24. The van der Waals surface area contributed by atoms with Gasteiger partial charge in [-0.1, -0.05) is 12.1 Å². The van der Waals surface area contributed by atoms with E-state index in [9.17, 15) is 9.59 Å². The van der Waals surface area contributed by atoms with Crippen molar-refractivity contribution in [3.63, 3.8) is 0 Å². The molecule has 2 aromatic rings. The van der Waals surface area contributed by atoms with Gasteiger partial charge in [-0.05, 0) is 48.9 Å². The molecular weight excluding hydrogens is 328 g/mol. The lowest BCUT2D eigenvalue weighted by atomic mass is 9.90. The number of hydrogen-bond acceptors (Lipinski definition) is 3. The largest absolute Gasteiger partial charge is 0.342 e. The summed E-state index contributed by atoms with van der Waals surface area (Å²) in [7, 11) is 1.88. The van der Waals surface area contributed by atoms with E-state index in [0.29, 0.717) is 31.9 Å². The Kier molecular flexibility index (Phi) is 4.49. The third kappa shape index (κ3) is 3.11. The van der Waals surface area contributed by atoms with E-state index in [1.54, 1.807) is 14.5 Å². The van der Waals surface area contributed by atoms with Crippen molar-refractivity contribution in [2.45, 2.75) is 25.7 Å². The molecule has 1 aromatic heterocycles. The number of rotatable bonds is 3. The van der Waals surface area contributed by atoms with Gasteiger partial charge in [-0.3, -0.25) is 14.3 Å². The summed E-state index contributed by atoms with van der Waals surface area (Å²) in [6, 6.07) is 8.50. The maximum atomic E-state index is 12.8. The van der Waals surface area contributed by atoms with Crippen molar-refractivity contribution in [2.75, 3.05) is 26.2 Å². The maximum absolute atomic E-state index is 12.8. The van der Waals surface area contributed by atoms with E-state index in [1.165, 1.54) is 24.0 Å². The Morgan fingerprint density at radius 2 is 1.77 bits per heavy atom. The van der Waals surface area contributed by atoms with Crippen LogP contribution < -0.4 is 0 Å². The molecule has 1 fully saturated rings. The van der Waals surface area contributed by atoms with Crippen LogP contribution in [0.25, 0.3) is 11.3 Å². The van der Waals surface area contributed by atoms with Crippen LogP contribution in [0.3, 0.4) is 0 Å². The standard InChI is InChI=1S/C20H24N4O2/c1-22-19(17-7-6-15-4-2-3-5-16(15)12-17)13-18(21-22)20(26)24-10-8-23(14-25)9-11-24/h6-7,12-14H,2-5,8-11H2,1H3. The van der Waals surface area contributed by atoms with Gasteiger partial charge in [-0.25, -0.2) is 0 Å². The molecule has 0 saturated carbocycles. The number of aryl methyl sites for hydroxylation is 3. The van der Waals surface area contributed by atoms with E-state index in [-0.39, 0.29) is 5.91 Å². The van der Waals surface area contributed by atoms with Crippen molar-refractivity contribution < 1.29 is 9.59 Å². The van der Waals surface area contributed by atoms with Gasteiger partial charge in [0, 0.05) is 38.8 Å². The summed E-state index contributed by atoms with van der Waals surface area (Å²) in [5.74, 6) is -0.0599. The second-order valence-corrected chi connectivity index (χ2v) is 7.16. The van der Waals surface area contributed by atoms with Gasteiger partial charge in [0.2, 0.25) is 6.41 Å². The predicted octanol–water partition coefficient (Wildman–Crippen LogP) is 1.88. The lowest BCUT2D eigenvalue weighted by molar-refractivity contribution is -0.119. The Hall–Kier alpha value is -2.63. The van der Waals surface area contributed by atoms with Crippen LogP contribution in [0.1, 0.15) is 34.5 Å². The van der Waals surface area contributed by atoms with E-state index < -0.39 is 0 Å². The Balaban J connectivity index is 1.56. The molecule has 2 aliphatic rings. The number of piperazine rings is 1. The number of amides is 2. The number of carbonyl (C=O) groups excluding carboxylic acids is 2. The van der Waals surface area contributed by atoms with Crippen molar-refractivity contribution in [2.24, 2.45) is 7.05 Å². The Labute approximate surface area is 153 Å². The van der Waals surface area contributed by atoms with Gasteiger partial charge in [-0.2, -0.15) is 5.10 Å². The van der Waals surface area contributed by atoms with Crippen LogP contribution in [0.5, 0.6) is 0 Å². The fourth-order valence-electron chi connectivity index (χ4n) is 3.93. The Bertz CT molecular complexity index is 834. The first-order chi connectivity index (χ1) is 12.7. The average molecular weight is 352 g/mol. The lowest BCUT2D eigenvalue weighted by Gasteiger charge is -2.32. The van der Waals surface area contributed by atoms with Crippen LogP contribution in [-0.2, 0) is 24.7 Å². The summed E-state index contributed by atoms with van der Waals surface area (Å²) in [6.07, 6.45) is 5.66. The molecular formula is C20H24N4O2. The van der Waals surface area contributed by atoms with Crippen LogP contribution in [0, 0.1) is 0 Å². The number of carbonyl (C=O) groups is 2. The van der Waals surface area contributed by atoms with Crippen LogP contribution in [0.4, 0.5) is 0 Å². The number of benzene rings is 1. The van der Waals surface area contributed by atoms with Crippen molar-refractivity contribution in [1.29, 1.82) is 0 Å². The van der Waals surface area contributed by atoms with Gasteiger partial charge < -0.3 is 9.80 Å². The first kappa shape index (κ1) is 16.8. The Morgan fingerprint density at radius 3 is 2.50 bits per heavy atom. The molecule has 2 amide bonds. The Morgan fingerprint density at radius 1 is 1.04 bits per heavy atom. The smallest absolute Gasteiger partial charge is 0.274 e. The number of aromatic nitrogens is 2. The first-order valence-electron chi connectivity index (χ1n) is 9.30. The zero-order valence-corrected chi connectivity index (χ0v) is 15.1. The summed E-state index contributed by atoms with van der Waals surface area (Å²) in [6.45, 7) is 2.28. The molecule has 1 aliphatic heterocycles. The molecule has 136 valence electrons. The summed E-state index contributed by atoms with van der Waals surface area (Å²) >= 11 is 0. The summed E-state index contributed by atoms with van der Waals surface area (Å²) < 4.78 is 1.79. The molecule has 1 saturated heterocycles. The molecule has 0 spiro atoms. The zero-order valence-electron chi connectivity index (χ0n) is 15.1. The molecule has 0 N–H and O–H groups in total. The second kappa shape index (κ2) is 6.94. The van der Waals surface area contributed by atoms with E-state index in [0.717, 1.165) is 30.5 Å². The van der Waals surface area contributed by atoms with Crippen LogP contribution in [0.15, 0.2) is 24.3 Å². The zero-order chi connectivity index (χ0) is 18.1. The molecule has 0 unspecified atom stereocenters. The average Bonchev–Trinajstić information content (AvgIpc) is 3.08. The van der Waals surface area contributed by atoms with E-state index in [4.69, 9.17) is 0 Å². The van der Waals surface area contributed by atoms with Crippen LogP contribution in [0.2, 0.25) is 0 Å². The first-order valence-corrected chi connectivity index (χ1v) is 9.30. The minimum atomic E-state index is -0.0599. The number of nitrogens with zero attached hydrogens (tertiary/aromatic N) is 4. The van der Waals surface area contributed by atoms with Crippen molar-refractivity contribution in [3.8, 4) is 11.3 Å². The molecule has 6 nitrogen and oxygen atoms in total. The molecule has 1 aliphatic carbocycles. The third-order valence-corrected chi connectivity index (χ3v) is 5.49. The molecule has 0 bridgehead atoms. The minimum absolute atomic E-state index is 0.0599. The minimum Gasteiger partial charge on any atom is -0.342 e. The van der Waals surface area contributed by atoms with Gasteiger partial charge >= 0.3 is 0 Å². The highest BCUT2D eigenvalue weighted by molar-refractivity contribution is 5.93. The lowest BCUT2D eigenvalue weighted by Crippen LogP contribution is -2.48. The molecule has 6 heteroatoms. The summed E-state index contributed by atoms with van der Waals surface area (Å²) in [4.78, 5) is 27.1. The van der Waals surface area contributed by atoms with Crippen LogP contribution in [-0.4, -0.2) is 58.1 Å². The van der Waals surface area contributed by atoms with Gasteiger partial charge in [-0.15, -0.1) is 0 Å². The molecule has 1 aromatic carbocycles. The predicted molar refractivity (Wildman–Crippen MR) is 98.8 cm³/mol. The van der Waals surface area contributed by atoms with E-state index in [2.05, 4.69) is 23.3 Å². The summed E-state index contributed by atoms with van der Waals surface area (Å²) in [5.41, 5.74) is 5.43. The third-order valence-electron chi connectivity index (χ3n) is 5.49. The van der Waals surface area contributed by atoms with Gasteiger partial charge in [0.15, 0.2) is 5.69 Å². The quantitative estimate of drug-likeness (QED) is 0.793. The fourth-order valence-corrected chi connectivity index (χ4v) is 3.93.